The van der Waals surface area contributed by atoms with Crippen LogP contribution < -0.4 is 10.5 Å². The van der Waals surface area contributed by atoms with E-state index in [1.165, 1.54) is 20.2 Å². The lowest BCUT2D eigenvalue weighted by molar-refractivity contribution is -0.407. The quantitative estimate of drug-likeness (QED) is 0.375. The molecule has 0 aromatic carbocycles. The molecule has 2 atom stereocenters. The average molecular weight is 371 g/mol. The molecular formula is C19H21N3O5. The van der Waals surface area contributed by atoms with Gasteiger partial charge in [0.15, 0.2) is 0 Å². The van der Waals surface area contributed by atoms with Crippen molar-refractivity contribution in [3.63, 3.8) is 0 Å². The third kappa shape index (κ3) is 3.19. The minimum absolute atomic E-state index is 0.190. The van der Waals surface area contributed by atoms with Crippen LogP contribution in [0.5, 0.6) is 5.88 Å². The second kappa shape index (κ2) is 6.88. The van der Waals surface area contributed by atoms with Crippen molar-refractivity contribution in [1.82, 2.24) is 4.57 Å². The zero-order valence-corrected chi connectivity index (χ0v) is 15.4. The van der Waals surface area contributed by atoms with Gasteiger partial charge in [0.05, 0.1) is 5.92 Å². The van der Waals surface area contributed by atoms with Crippen molar-refractivity contribution in [3.05, 3.63) is 58.1 Å². The van der Waals surface area contributed by atoms with E-state index >= 15 is 0 Å². The molecule has 1 amide bonds. The number of nitrogens with zero attached hydrogens (tertiary/aromatic N) is 2. The van der Waals surface area contributed by atoms with Crippen molar-refractivity contribution < 1.29 is 23.8 Å². The van der Waals surface area contributed by atoms with E-state index in [-0.39, 0.29) is 5.57 Å². The van der Waals surface area contributed by atoms with Crippen LogP contribution in [-0.2, 0) is 14.3 Å². The number of allylic oxidation sites excluding steroid dienone is 2. The summed E-state index contributed by atoms with van der Waals surface area (Å²) in [4.78, 5) is 23.1. The number of nitrogens with two attached hydrogens (primary N) is 1. The summed E-state index contributed by atoms with van der Waals surface area (Å²) in [6.07, 6.45) is 4.42. The Balaban J connectivity index is 2.14. The normalized spacial score (nSPS) is 21.1. The first kappa shape index (κ1) is 18.7. The molecule has 0 spiro atoms. The van der Waals surface area contributed by atoms with Crippen molar-refractivity contribution in [2.24, 2.45) is 11.7 Å². The molecule has 0 fully saturated rings. The molecule has 3 rings (SSSR count). The lowest BCUT2D eigenvalue weighted by atomic mass is 9.86. The zero-order chi connectivity index (χ0) is 19.9. The number of carbonyl (C=O) groups excluding carboxylic acids is 2. The Morgan fingerprint density at radius 3 is 2.70 bits per heavy atom. The summed E-state index contributed by atoms with van der Waals surface area (Å²) in [7, 11) is 1.51. The number of amides is 1. The van der Waals surface area contributed by atoms with Crippen molar-refractivity contribution in [2.75, 3.05) is 7.11 Å². The molecule has 2 N–H and O–H groups in total. The predicted octanol–water partition coefficient (Wildman–Crippen LogP) is 1.68. The first-order valence-electron chi connectivity index (χ1n) is 8.38. The number of hydrogen-bond acceptors (Lipinski definition) is 5. The molecule has 2 aliphatic rings. The van der Waals surface area contributed by atoms with Gasteiger partial charge in [-0.1, -0.05) is 12.7 Å². The van der Waals surface area contributed by atoms with Crippen molar-refractivity contribution in [2.45, 2.75) is 26.5 Å². The van der Waals surface area contributed by atoms with E-state index in [4.69, 9.17) is 15.2 Å². The smallest absolute Gasteiger partial charge is 0.309 e. The van der Waals surface area contributed by atoms with Crippen LogP contribution >= 0.6 is 0 Å². The number of primary amides is 1. The van der Waals surface area contributed by atoms with Gasteiger partial charge in [0, 0.05) is 31.2 Å². The molecule has 0 saturated heterocycles. The van der Waals surface area contributed by atoms with Crippen molar-refractivity contribution in [3.8, 4) is 5.88 Å². The molecule has 0 saturated carbocycles. The largest absolute Gasteiger partial charge is 0.618 e. The maximum Gasteiger partial charge on any atom is 0.309 e. The summed E-state index contributed by atoms with van der Waals surface area (Å²) in [5, 5.41) is 12.7. The summed E-state index contributed by atoms with van der Waals surface area (Å²) < 4.78 is 13.5. The Morgan fingerprint density at radius 1 is 1.41 bits per heavy atom. The Labute approximate surface area is 156 Å². The summed E-state index contributed by atoms with van der Waals surface area (Å²) in [5.74, 6) is -1.20. The average Bonchev–Trinajstić information content (AvgIpc) is 2.83. The molecule has 142 valence electrons. The Bertz CT molecular complexity index is 935. The van der Waals surface area contributed by atoms with Gasteiger partial charge in [-0.3, -0.25) is 14.2 Å². The minimum atomic E-state index is -0.631. The van der Waals surface area contributed by atoms with E-state index in [1.54, 1.807) is 29.7 Å². The monoisotopic (exact) mass is 371 g/mol. The van der Waals surface area contributed by atoms with Gasteiger partial charge in [-0.15, -0.1) is 0 Å². The second-order valence-corrected chi connectivity index (χ2v) is 6.54. The number of carbonyl (C=O) groups is 2. The Morgan fingerprint density at radius 2 is 2.11 bits per heavy atom. The fourth-order valence-electron chi connectivity index (χ4n) is 3.52. The van der Waals surface area contributed by atoms with E-state index in [0.717, 1.165) is 4.74 Å². The van der Waals surface area contributed by atoms with Gasteiger partial charge in [-0.25, -0.2) is 0 Å². The fraction of sp³-hybridized carbons (Fsp3) is 0.316. The number of esters is 1. The first-order chi connectivity index (χ1) is 12.7. The Hall–Kier alpha value is -3.13. The predicted molar refractivity (Wildman–Crippen MR) is 97.9 cm³/mol. The molecule has 0 radical (unpaired) electrons. The Kier molecular flexibility index (Phi) is 4.75. The number of aromatic nitrogens is 1. The highest BCUT2D eigenvalue weighted by Crippen LogP contribution is 2.42. The van der Waals surface area contributed by atoms with E-state index in [2.05, 4.69) is 6.58 Å². The highest BCUT2D eigenvalue weighted by molar-refractivity contribution is 5.96. The topological polar surface area (TPSA) is 110 Å². The zero-order valence-electron chi connectivity index (χ0n) is 15.4. The van der Waals surface area contributed by atoms with Gasteiger partial charge in [0.1, 0.15) is 11.9 Å². The first-order valence-corrected chi connectivity index (χ1v) is 8.38. The van der Waals surface area contributed by atoms with Crippen LogP contribution in [0.25, 0.3) is 0 Å². The van der Waals surface area contributed by atoms with Gasteiger partial charge in [0.25, 0.3) is 0 Å². The van der Waals surface area contributed by atoms with Crippen LogP contribution in [0, 0.1) is 18.0 Å². The summed E-state index contributed by atoms with van der Waals surface area (Å²) in [6, 6.07) is 1.75. The van der Waals surface area contributed by atoms with Gasteiger partial charge in [-0.05, 0) is 25.0 Å². The van der Waals surface area contributed by atoms with E-state index < -0.39 is 24.0 Å². The lowest BCUT2D eigenvalue weighted by Gasteiger charge is -2.29. The lowest BCUT2D eigenvalue weighted by Crippen LogP contribution is -2.28. The van der Waals surface area contributed by atoms with Crippen molar-refractivity contribution >= 4 is 18.1 Å². The molecule has 2 unspecified atom stereocenters. The van der Waals surface area contributed by atoms with Gasteiger partial charge < -0.3 is 20.4 Å². The number of methoxy groups -OCH3 is 1. The molecule has 1 aliphatic carbocycles. The van der Waals surface area contributed by atoms with Crippen LogP contribution in [0.1, 0.15) is 30.8 Å². The number of fused-ring (bicyclic) bond motifs is 2. The second-order valence-electron chi connectivity index (χ2n) is 6.54. The van der Waals surface area contributed by atoms with E-state index in [9.17, 15) is 14.8 Å². The third-order valence-electron chi connectivity index (χ3n) is 4.74. The summed E-state index contributed by atoms with van der Waals surface area (Å²) in [6.45, 7) is 6.82. The molecule has 0 bridgehead atoms. The third-order valence-corrected chi connectivity index (χ3v) is 4.74. The van der Waals surface area contributed by atoms with Gasteiger partial charge >= 0.3 is 5.97 Å². The van der Waals surface area contributed by atoms with Crippen LogP contribution in [0.4, 0.5) is 0 Å². The maximum absolute atomic E-state index is 12.7. The number of ether oxygens (including phenoxy) is 2. The molecule has 1 aromatic heterocycles. The highest BCUT2D eigenvalue weighted by atomic mass is 16.6. The number of hydroxylamine groups is 1. The van der Waals surface area contributed by atoms with Crippen LogP contribution in [0.3, 0.4) is 0 Å². The molecule has 8 heteroatoms. The molecule has 27 heavy (non-hydrogen) atoms. The van der Waals surface area contributed by atoms with E-state index in [1.807, 2.05) is 0 Å². The standard InChI is InChI=1S/C19H21N3O5/c1-10-7-14-9-21(25)16-6-5-13(11(2)17(20)24)8-15(16)19(26-4)22(14)18(10)27-12(3)23/h5-7,9,15,19H,2,8H2,1,3-4H3,(H2,20,24). The summed E-state index contributed by atoms with van der Waals surface area (Å²) >= 11 is 0. The molecular weight excluding hydrogens is 350 g/mol. The minimum Gasteiger partial charge on any atom is -0.618 e. The van der Waals surface area contributed by atoms with E-state index in [0.29, 0.717) is 34.8 Å². The highest BCUT2D eigenvalue weighted by Gasteiger charge is 2.40. The molecule has 1 aromatic rings. The number of rotatable bonds is 4. The number of aryl methyl sites for hydroxylation is 1. The van der Waals surface area contributed by atoms with Crippen molar-refractivity contribution in [1.29, 1.82) is 0 Å². The van der Waals surface area contributed by atoms with Crippen LogP contribution in [-0.4, -0.2) is 34.5 Å². The molecule has 2 heterocycles. The van der Waals surface area contributed by atoms with Gasteiger partial charge in [-0.2, -0.15) is 4.74 Å². The van der Waals surface area contributed by atoms with Crippen LogP contribution in [0.2, 0.25) is 0 Å². The summed E-state index contributed by atoms with van der Waals surface area (Å²) in [5.41, 5.74) is 7.89. The molecule has 8 nitrogen and oxygen atoms in total. The van der Waals surface area contributed by atoms with Gasteiger partial charge in [0.2, 0.25) is 23.7 Å². The maximum atomic E-state index is 12.7. The SMILES string of the molecule is C=C(C(N)=O)C1=CC=C2C(C1)C(OC)n1c(cc(C)c1OC(C)=O)C=[N+]2[O-]. The molecule has 1 aliphatic heterocycles. The number of hydrogen-bond donors (Lipinski definition) is 1. The fourth-order valence-corrected chi connectivity index (χ4v) is 3.52. The van der Waals surface area contributed by atoms with Crippen LogP contribution in [0.15, 0.2) is 41.6 Å².